The van der Waals surface area contributed by atoms with E-state index in [1.54, 1.807) is 0 Å². The second kappa shape index (κ2) is 12.4. The normalized spacial score (nSPS) is 19.6. The molecule has 1 aromatic heterocycles. The number of ether oxygens (including phenoxy) is 1. The third-order valence-electron chi connectivity index (χ3n) is 4.95. The molecule has 30 heavy (non-hydrogen) atoms. The van der Waals surface area contributed by atoms with Crippen LogP contribution >= 0.6 is 24.0 Å². The van der Waals surface area contributed by atoms with Gasteiger partial charge in [-0.25, -0.2) is 4.79 Å². The number of nitrogens with zero attached hydrogens (tertiary/aromatic N) is 2. The van der Waals surface area contributed by atoms with Crippen LogP contribution in [0.2, 0.25) is 0 Å². The first-order chi connectivity index (χ1) is 13.7. The number of guanidine groups is 1. The molecule has 0 spiro atoms. The molecule has 1 saturated carbocycles. The van der Waals surface area contributed by atoms with Gasteiger partial charge in [-0.3, -0.25) is 4.99 Å². The maximum absolute atomic E-state index is 11.9. The lowest BCUT2D eigenvalue weighted by Crippen LogP contribution is -2.48. The van der Waals surface area contributed by atoms with Crippen molar-refractivity contribution in [2.45, 2.75) is 91.3 Å². The number of nitrogens with one attached hydrogen (secondary N) is 3. The number of aliphatic imine (C=N–C) groups is 1. The number of hydrogen-bond acceptors (Lipinski definition) is 5. The number of alkyl carbamates (subject to hydrolysis) is 1. The van der Waals surface area contributed by atoms with Crippen molar-refractivity contribution in [2.24, 2.45) is 4.99 Å². The Balaban J connectivity index is 0.00000450. The molecule has 1 amide bonds. The highest BCUT2D eigenvalue weighted by Gasteiger charge is 2.25. The summed E-state index contributed by atoms with van der Waals surface area (Å²) < 4.78 is 10.6. The van der Waals surface area contributed by atoms with Gasteiger partial charge in [0.25, 0.3) is 0 Å². The summed E-state index contributed by atoms with van der Waals surface area (Å²) in [6.07, 6.45) is 4.29. The fourth-order valence-electron chi connectivity index (χ4n) is 3.51. The monoisotopic (exact) mass is 535 g/mol. The molecule has 2 rings (SSSR count). The van der Waals surface area contributed by atoms with E-state index in [4.69, 9.17) is 14.3 Å². The molecule has 1 fully saturated rings. The number of halogens is 1. The molecule has 0 atom stereocenters. The van der Waals surface area contributed by atoms with Crippen LogP contribution in [0.5, 0.6) is 0 Å². The number of carbonyl (C=O) groups excluding carboxylic acids is 1. The Hall–Kier alpha value is -1.52. The van der Waals surface area contributed by atoms with Crippen LogP contribution < -0.4 is 16.0 Å². The minimum atomic E-state index is -0.469. The summed E-state index contributed by atoms with van der Waals surface area (Å²) in [5, 5.41) is 13.8. The van der Waals surface area contributed by atoms with Gasteiger partial charge in [-0.15, -0.1) is 24.0 Å². The van der Waals surface area contributed by atoms with E-state index in [2.05, 4.69) is 28.0 Å². The summed E-state index contributed by atoms with van der Waals surface area (Å²) >= 11 is 0. The molecular formula is C21H38IN5O3. The van der Waals surface area contributed by atoms with Crippen LogP contribution in [0.25, 0.3) is 0 Å². The van der Waals surface area contributed by atoms with Crippen LogP contribution in [-0.4, -0.2) is 48.0 Å². The number of amides is 1. The first kappa shape index (κ1) is 26.5. The Labute approximate surface area is 197 Å². The fourth-order valence-corrected chi connectivity index (χ4v) is 3.51. The van der Waals surface area contributed by atoms with Gasteiger partial charge in [0.1, 0.15) is 11.4 Å². The van der Waals surface area contributed by atoms with Crippen molar-refractivity contribution in [2.75, 3.05) is 13.1 Å². The topological polar surface area (TPSA) is 101 Å². The quantitative estimate of drug-likeness (QED) is 0.291. The Kier molecular flexibility index (Phi) is 10.9. The SMILES string of the molecule is CCNC(=NCCc1c(C)noc1C)NC1CCC(NC(=O)OC(C)(C)C)CC1.I. The Morgan fingerprint density at radius 3 is 2.27 bits per heavy atom. The van der Waals surface area contributed by atoms with Gasteiger partial charge in [0.15, 0.2) is 5.96 Å². The maximum atomic E-state index is 11.9. The molecule has 3 N–H and O–H groups in total. The second-order valence-electron chi connectivity index (χ2n) is 8.65. The van der Waals surface area contributed by atoms with Crippen molar-refractivity contribution < 1.29 is 14.1 Å². The molecule has 1 aliphatic carbocycles. The molecule has 0 aromatic carbocycles. The lowest BCUT2D eigenvalue weighted by atomic mass is 9.91. The highest BCUT2D eigenvalue weighted by molar-refractivity contribution is 14.0. The minimum Gasteiger partial charge on any atom is -0.444 e. The van der Waals surface area contributed by atoms with Crippen LogP contribution in [0, 0.1) is 13.8 Å². The third kappa shape index (κ3) is 9.09. The highest BCUT2D eigenvalue weighted by Crippen LogP contribution is 2.19. The number of aryl methyl sites for hydroxylation is 2. The predicted octanol–water partition coefficient (Wildman–Crippen LogP) is 3.84. The summed E-state index contributed by atoms with van der Waals surface area (Å²) in [4.78, 5) is 16.7. The van der Waals surface area contributed by atoms with Gasteiger partial charge in [-0.1, -0.05) is 5.16 Å². The molecule has 0 radical (unpaired) electrons. The molecule has 0 unspecified atom stereocenters. The highest BCUT2D eigenvalue weighted by atomic mass is 127. The number of hydrogen-bond donors (Lipinski definition) is 3. The van der Waals surface area contributed by atoms with Gasteiger partial charge in [-0.2, -0.15) is 0 Å². The summed E-state index contributed by atoms with van der Waals surface area (Å²) in [7, 11) is 0. The van der Waals surface area contributed by atoms with Gasteiger partial charge in [-0.05, 0) is 73.6 Å². The first-order valence-corrected chi connectivity index (χ1v) is 10.6. The van der Waals surface area contributed by atoms with E-state index in [9.17, 15) is 4.79 Å². The van der Waals surface area contributed by atoms with Crippen molar-refractivity contribution in [3.63, 3.8) is 0 Å². The van der Waals surface area contributed by atoms with Crippen LogP contribution in [0.4, 0.5) is 4.79 Å². The van der Waals surface area contributed by atoms with E-state index in [-0.39, 0.29) is 36.1 Å². The van der Waals surface area contributed by atoms with Crippen molar-refractivity contribution in [1.82, 2.24) is 21.1 Å². The van der Waals surface area contributed by atoms with E-state index < -0.39 is 5.60 Å². The Morgan fingerprint density at radius 2 is 1.77 bits per heavy atom. The molecule has 9 heteroatoms. The Bertz CT molecular complexity index is 672. The molecule has 172 valence electrons. The zero-order chi connectivity index (χ0) is 21.4. The van der Waals surface area contributed by atoms with Gasteiger partial charge in [0.2, 0.25) is 0 Å². The Morgan fingerprint density at radius 1 is 1.17 bits per heavy atom. The first-order valence-electron chi connectivity index (χ1n) is 10.6. The van der Waals surface area contributed by atoms with E-state index in [1.807, 2.05) is 34.6 Å². The molecule has 0 saturated heterocycles. The molecule has 1 aromatic rings. The molecule has 8 nitrogen and oxygen atoms in total. The zero-order valence-corrected chi connectivity index (χ0v) is 21.5. The fraction of sp³-hybridized carbons (Fsp3) is 0.762. The largest absolute Gasteiger partial charge is 0.444 e. The van der Waals surface area contributed by atoms with Crippen LogP contribution in [-0.2, 0) is 11.2 Å². The molecule has 1 heterocycles. The van der Waals surface area contributed by atoms with Crippen molar-refractivity contribution in [1.29, 1.82) is 0 Å². The number of rotatable bonds is 6. The molecular weight excluding hydrogens is 497 g/mol. The van der Waals surface area contributed by atoms with Gasteiger partial charge >= 0.3 is 6.09 Å². The van der Waals surface area contributed by atoms with E-state index in [1.165, 1.54) is 0 Å². The summed E-state index contributed by atoms with van der Waals surface area (Å²) in [6, 6.07) is 0.519. The van der Waals surface area contributed by atoms with Gasteiger partial charge in [0, 0.05) is 30.7 Å². The van der Waals surface area contributed by atoms with Crippen LogP contribution in [0.3, 0.4) is 0 Å². The lowest BCUT2D eigenvalue weighted by molar-refractivity contribution is 0.0490. The average Bonchev–Trinajstić information content (AvgIpc) is 2.94. The minimum absolute atomic E-state index is 0. The predicted molar refractivity (Wildman–Crippen MR) is 130 cm³/mol. The number of aromatic nitrogens is 1. The van der Waals surface area contributed by atoms with Crippen LogP contribution in [0.15, 0.2) is 9.52 Å². The summed E-state index contributed by atoms with van der Waals surface area (Å²) in [6.45, 7) is 13.1. The van der Waals surface area contributed by atoms with Crippen molar-refractivity contribution in [3.8, 4) is 0 Å². The molecule has 1 aliphatic rings. The summed E-state index contributed by atoms with van der Waals surface area (Å²) in [5.74, 6) is 1.70. The van der Waals surface area contributed by atoms with Crippen molar-refractivity contribution in [3.05, 3.63) is 17.0 Å². The maximum Gasteiger partial charge on any atom is 0.407 e. The average molecular weight is 535 g/mol. The van der Waals surface area contributed by atoms with Crippen molar-refractivity contribution >= 4 is 36.0 Å². The van der Waals surface area contributed by atoms with Gasteiger partial charge in [0.05, 0.1) is 5.69 Å². The van der Waals surface area contributed by atoms with Crippen LogP contribution in [0.1, 0.15) is 70.4 Å². The zero-order valence-electron chi connectivity index (χ0n) is 19.1. The third-order valence-corrected chi connectivity index (χ3v) is 4.95. The molecule has 0 aliphatic heterocycles. The van der Waals surface area contributed by atoms with E-state index in [0.29, 0.717) is 12.6 Å². The lowest BCUT2D eigenvalue weighted by Gasteiger charge is -2.31. The second-order valence-corrected chi connectivity index (χ2v) is 8.65. The number of carbonyl (C=O) groups is 1. The standard InChI is InChI=1S/C21H37N5O3.HI/c1-7-22-19(23-13-12-18-14(2)26-29-15(18)3)24-16-8-10-17(11-9-16)25-20(27)28-21(4,5)6;/h16-17H,7-13H2,1-6H3,(H,25,27)(H2,22,23,24);1H. The van der Waals surface area contributed by atoms with E-state index in [0.717, 1.165) is 61.6 Å². The summed E-state index contributed by atoms with van der Waals surface area (Å²) in [5.41, 5.74) is 1.61. The van der Waals surface area contributed by atoms with Gasteiger partial charge < -0.3 is 25.2 Å². The smallest absolute Gasteiger partial charge is 0.407 e. The van der Waals surface area contributed by atoms with E-state index >= 15 is 0 Å². The molecule has 0 bridgehead atoms.